The van der Waals surface area contributed by atoms with Crippen molar-refractivity contribution in [3.8, 4) is 17.7 Å². The zero-order valence-corrected chi connectivity index (χ0v) is 8.43. The van der Waals surface area contributed by atoms with Gasteiger partial charge in [-0.1, -0.05) is 0 Å². The molecular weight excluding hydrogens is 281 g/mol. The summed E-state index contributed by atoms with van der Waals surface area (Å²) in [4.78, 5) is 3.15. The molecule has 0 bridgehead atoms. The SMILES string of the molecule is N#Cc1c(OC(F)(F)F)ncc(O)c1Br. The Hall–Kier alpha value is -1.49. The van der Waals surface area contributed by atoms with Crippen LogP contribution in [0.3, 0.4) is 0 Å². The van der Waals surface area contributed by atoms with Crippen molar-refractivity contribution >= 4 is 15.9 Å². The average molecular weight is 283 g/mol. The van der Waals surface area contributed by atoms with Crippen molar-refractivity contribution in [2.24, 2.45) is 0 Å². The average Bonchev–Trinajstić information content (AvgIpc) is 2.10. The van der Waals surface area contributed by atoms with Crippen molar-refractivity contribution in [1.82, 2.24) is 4.98 Å². The molecule has 4 nitrogen and oxygen atoms in total. The zero-order chi connectivity index (χ0) is 11.6. The van der Waals surface area contributed by atoms with Crippen LogP contribution >= 0.6 is 15.9 Å². The van der Waals surface area contributed by atoms with Crippen LogP contribution < -0.4 is 4.74 Å². The highest BCUT2D eigenvalue weighted by Crippen LogP contribution is 2.33. The van der Waals surface area contributed by atoms with E-state index < -0.39 is 23.6 Å². The quantitative estimate of drug-likeness (QED) is 0.858. The summed E-state index contributed by atoms with van der Waals surface area (Å²) < 4.78 is 38.8. The number of hydrogen-bond acceptors (Lipinski definition) is 4. The maximum atomic E-state index is 11.8. The van der Waals surface area contributed by atoms with Crippen LogP contribution in [0.5, 0.6) is 11.6 Å². The molecule has 0 radical (unpaired) electrons. The van der Waals surface area contributed by atoms with Gasteiger partial charge in [-0.25, -0.2) is 4.98 Å². The van der Waals surface area contributed by atoms with Crippen molar-refractivity contribution in [3.63, 3.8) is 0 Å². The Labute approximate surface area is 90.0 Å². The van der Waals surface area contributed by atoms with Gasteiger partial charge in [0.05, 0.1) is 10.7 Å². The molecule has 0 saturated heterocycles. The smallest absolute Gasteiger partial charge is 0.505 e. The van der Waals surface area contributed by atoms with Crippen LogP contribution in [0.1, 0.15) is 5.56 Å². The summed E-state index contributed by atoms with van der Waals surface area (Å²) in [6.45, 7) is 0. The van der Waals surface area contributed by atoms with E-state index in [4.69, 9.17) is 10.4 Å². The van der Waals surface area contributed by atoms with E-state index >= 15 is 0 Å². The second-order valence-corrected chi connectivity index (χ2v) is 3.09. The molecule has 1 aromatic heterocycles. The topological polar surface area (TPSA) is 66.1 Å². The van der Waals surface area contributed by atoms with Crippen LogP contribution in [0.4, 0.5) is 13.2 Å². The third kappa shape index (κ3) is 2.73. The lowest BCUT2D eigenvalue weighted by atomic mass is 10.3. The maximum absolute atomic E-state index is 11.8. The van der Waals surface area contributed by atoms with Gasteiger partial charge in [-0.2, -0.15) is 5.26 Å². The molecule has 0 aliphatic heterocycles. The van der Waals surface area contributed by atoms with Crippen LogP contribution in [0.25, 0.3) is 0 Å². The van der Waals surface area contributed by atoms with Gasteiger partial charge in [0.15, 0.2) is 0 Å². The number of halogens is 4. The van der Waals surface area contributed by atoms with Gasteiger partial charge >= 0.3 is 6.36 Å². The number of alkyl halides is 3. The summed E-state index contributed by atoms with van der Waals surface area (Å²) >= 11 is 2.74. The summed E-state index contributed by atoms with van der Waals surface area (Å²) in [7, 11) is 0. The monoisotopic (exact) mass is 282 g/mol. The van der Waals surface area contributed by atoms with Crippen molar-refractivity contribution < 1.29 is 23.0 Å². The molecule has 0 unspecified atom stereocenters. The first-order chi connectivity index (χ1) is 6.85. The van der Waals surface area contributed by atoms with Crippen LogP contribution in [0.2, 0.25) is 0 Å². The first-order valence-electron chi connectivity index (χ1n) is 3.38. The van der Waals surface area contributed by atoms with Crippen molar-refractivity contribution in [2.75, 3.05) is 0 Å². The lowest BCUT2D eigenvalue weighted by Crippen LogP contribution is -2.18. The highest BCUT2D eigenvalue weighted by Gasteiger charge is 2.33. The second-order valence-electron chi connectivity index (χ2n) is 2.30. The molecule has 1 rings (SSSR count). The summed E-state index contributed by atoms with van der Waals surface area (Å²) in [5.74, 6) is -1.35. The van der Waals surface area contributed by atoms with Gasteiger partial charge in [0.1, 0.15) is 17.4 Å². The third-order valence-electron chi connectivity index (χ3n) is 1.29. The maximum Gasteiger partial charge on any atom is 0.574 e. The number of nitrogens with zero attached hydrogens (tertiary/aromatic N) is 2. The molecule has 80 valence electrons. The van der Waals surface area contributed by atoms with Gasteiger partial charge in [-0.15, -0.1) is 13.2 Å². The van der Waals surface area contributed by atoms with E-state index in [2.05, 4.69) is 25.7 Å². The van der Waals surface area contributed by atoms with E-state index in [1.54, 1.807) is 0 Å². The minimum Gasteiger partial charge on any atom is -0.505 e. The highest BCUT2D eigenvalue weighted by atomic mass is 79.9. The first kappa shape index (κ1) is 11.6. The number of pyridine rings is 1. The van der Waals surface area contributed by atoms with Crippen LogP contribution in [0.15, 0.2) is 10.7 Å². The number of nitriles is 1. The molecular formula is C7H2BrF3N2O2. The Morgan fingerprint density at radius 2 is 2.13 bits per heavy atom. The molecule has 1 aromatic rings. The van der Waals surface area contributed by atoms with Gasteiger partial charge in [0, 0.05) is 0 Å². The molecule has 0 saturated carbocycles. The predicted molar refractivity (Wildman–Crippen MR) is 45.0 cm³/mol. The Morgan fingerprint density at radius 3 is 2.60 bits per heavy atom. The number of rotatable bonds is 1. The Balaban J connectivity index is 3.21. The van der Waals surface area contributed by atoms with E-state index in [-0.39, 0.29) is 4.47 Å². The zero-order valence-electron chi connectivity index (χ0n) is 6.84. The third-order valence-corrected chi connectivity index (χ3v) is 2.09. The minimum atomic E-state index is -4.94. The van der Waals surface area contributed by atoms with Gasteiger partial charge < -0.3 is 9.84 Å². The van der Waals surface area contributed by atoms with E-state index in [0.29, 0.717) is 0 Å². The van der Waals surface area contributed by atoms with E-state index in [9.17, 15) is 13.2 Å². The summed E-state index contributed by atoms with van der Waals surface area (Å²) in [5, 5.41) is 17.6. The van der Waals surface area contributed by atoms with Gasteiger partial charge in [0.25, 0.3) is 0 Å². The van der Waals surface area contributed by atoms with Crippen molar-refractivity contribution in [1.29, 1.82) is 5.26 Å². The number of hydrogen-bond donors (Lipinski definition) is 1. The Morgan fingerprint density at radius 1 is 1.53 bits per heavy atom. The number of aromatic hydroxyl groups is 1. The highest BCUT2D eigenvalue weighted by molar-refractivity contribution is 9.10. The molecule has 0 aromatic carbocycles. The Bertz CT molecular complexity index is 427. The molecule has 0 amide bonds. The molecule has 15 heavy (non-hydrogen) atoms. The standard InChI is InChI=1S/C7H2BrF3N2O2/c8-5-3(1-12)6(13-2-4(5)14)15-7(9,10)11/h2,14H. The van der Waals surface area contributed by atoms with E-state index in [1.807, 2.05) is 0 Å². The number of ether oxygens (including phenoxy) is 1. The summed E-state index contributed by atoms with van der Waals surface area (Å²) in [5.41, 5.74) is -0.521. The summed E-state index contributed by atoms with van der Waals surface area (Å²) in [6, 6.07) is 1.43. The van der Waals surface area contributed by atoms with Crippen LogP contribution in [-0.2, 0) is 0 Å². The van der Waals surface area contributed by atoms with E-state index in [0.717, 1.165) is 6.20 Å². The first-order valence-corrected chi connectivity index (χ1v) is 4.17. The lowest BCUT2D eigenvalue weighted by molar-refractivity contribution is -0.276. The molecule has 1 N–H and O–H groups in total. The fraction of sp³-hybridized carbons (Fsp3) is 0.143. The van der Waals surface area contributed by atoms with Crippen LogP contribution in [0, 0.1) is 11.3 Å². The van der Waals surface area contributed by atoms with Crippen molar-refractivity contribution in [3.05, 3.63) is 16.2 Å². The fourth-order valence-electron chi connectivity index (χ4n) is 0.747. The molecule has 0 aliphatic rings. The largest absolute Gasteiger partial charge is 0.574 e. The van der Waals surface area contributed by atoms with Gasteiger partial charge in [-0.3, -0.25) is 0 Å². The fourth-order valence-corrected chi connectivity index (χ4v) is 1.11. The predicted octanol–water partition coefficient (Wildman–Crippen LogP) is 2.32. The molecule has 0 spiro atoms. The molecule has 0 atom stereocenters. The second kappa shape index (κ2) is 3.94. The Kier molecular flexibility index (Phi) is 3.04. The summed E-state index contributed by atoms with van der Waals surface area (Å²) in [6.07, 6.45) is -4.19. The van der Waals surface area contributed by atoms with Crippen molar-refractivity contribution in [2.45, 2.75) is 6.36 Å². The molecule has 0 fully saturated rings. The van der Waals surface area contributed by atoms with Gasteiger partial charge in [-0.05, 0) is 15.9 Å². The molecule has 1 heterocycles. The number of aromatic nitrogens is 1. The molecule has 8 heteroatoms. The lowest BCUT2D eigenvalue weighted by Gasteiger charge is -2.09. The van der Waals surface area contributed by atoms with E-state index in [1.165, 1.54) is 6.07 Å². The normalized spacial score (nSPS) is 10.9. The van der Waals surface area contributed by atoms with Gasteiger partial charge in [0.2, 0.25) is 5.88 Å². The minimum absolute atomic E-state index is 0.195. The van der Waals surface area contributed by atoms with Crippen LogP contribution in [-0.4, -0.2) is 16.5 Å². The molecule has 0 aliphatic carbocycles.